The average molecular weight is 291 g/mol. The minimum atomic E-state index is 0.291. The zero-order valence-electron chi connectivity index (χ0n) is 11.9. The van der Waals surface area contributed by atoms with Crippen LogP contribution in [0.1, 0.15) is 31.2 Å². The van der Waals surface area contributed by atoms with Gasteiger partial charge < -0.3 is 10.6 Å². The smallest absolute Gasteiger partial charge is 0.135 e. The fourth-order valence-electron chi connectivity index (χ4n) is 1.74. The normalized spacial score (nSPS) is 10.7. The fraction of sp³-hybridized carbons (Fsp3) is 0.333. The van der Waals surface area contributed by atoms with E-state index in [9.17, 15) is 0 Å². The average Bonchev–Trinajstić information content (AvgIpc) is 2.46. The van der Waals surface area contributed by atoms with E-state index >= 15 is 0 Å². The van der Waals surface area contributed by atoms with Gasteiger partial charge in [-0.2, -0.15) is 0 Å². The van der Waals surface area contributed by atoms with E-state index in [1.54, 1.807) is 0 Å². The summed E-state index contributed by atoms with van der Waals surface area (Å²) < 4.78 is 0. The molecule has 0 aliphatic carbocycles. The Morgan fingerprint density at radius 3 is 2.35 bits per heavy atom. The predicted octanol–water partition coefficient (Wildman–Crippen LogP) is 3.91. The number of rotatable bonds is 5. The molecule has 1 heterocycles. The molecule has 0 radical (unpaired) electrons. The van der Waals surface area contributed by atoms with Crippen molar-refractivity contribution >= 4 is 23.2 Å². The molecule has 1 aromatic carbocycles. The van der Waals surface area contributed by atoms with Crippen molar-refractivity contribution in [3.05, 3.63) is 46.7 Å². The number of benzene rings is 1. The van der Waals surface area contributed by atoms with Gasteiger partial charge in [-0.15, -0.1) is 0 Å². The van der Waals surface area contributed by atoms with Gasteiger partial charge in [0.05, 0.1) is 0 Å². The summed E-state index contributed by atoms with van der Waals surface area (Å²) in [4.78, 5) is 8.96. The van der Waals surface area contributed by atoms with E-state index in [-0.39, 0.29) is 0 Å². The molecule has 2 aromatic rings. The van der Waals surface area contributed by atoms with Gasteiger partial charge in [0.15, 0.2) is 0 Å². The first-order valence-electron chi connectivity index (χ1n) is 6.63. The Hall–Kier alpha value is -1.81. The number of hydrogen-bond acceptors (Lipinski definition) is 4. The van der Waals surface area contributed by atoms with Crippen LogP contribution in [0.3, 0.4) is 0 Å². The van der Waals surface area contributed by atoms with Crippen LogP contribution in [0.25, 0.3) is 0 Å². The SMILES string of the molecule is CNc1cc(NCc2ccc(Cl)cc2)nc(C(C)C)n1. The molecule has 0 amide bonds. The van der Waals surface area contributed by atoms with Crippen LogP contribution < -0.4 is 10.6 Å². The van der Waals surface area contributed by atoms with E-state index in [1.807, 2.05) is 37.4 Å². The van der Waals surface area contributed by atoms with Crippen LogP contribution in [-0.4, -0.2) is 17.0 Å². The van der Waals surface area contributed by atoms with Crippen LogP contribution in [0, 0.1) is 0 Å². The predicted molar refractivity (Wildman–Crippen MR) is 84.4 cm³/mol. The summed E-state index contributed by atoms with van der Waals surface area (Å²) in [5, 5.41) is 7.12. The first-order valence-corrected chi connectivity index (χ1v) is 7.01. The van der Waals surface area contributed by atoms with E-state index in [0.29, 0.717) is 12.5 Å². The number of halogens is 1. The molecule has 0 saturated carbocycles. The van der Waals surface area contributed by atoms with Gasteiger partial charge in [-0.3, -0.25) is 0 Å². The van der Waals surface area contributed by atoms with E-state index in [1.165, 1.54) is 0 Å². The molecular formula is C15H19ClN4. The number of nitrogens with one attached hydrogen (secondary N) is 2. The molecule has 2 rings (SSSR count). The van der Waals surface area contributed by atoms with Gasteiger partial charge in [-0.25, -0.2) is 9.97 Å². The summed E-state index contributed by atoms with van der Waals surface area (Å²) in [6.45, 7) is 4.87. The van der Waals surface area contributed by atoms with Gasteiger partial charge >= 0.3 is 0 Å². The summed E-state index contributed by atoms with van der Waals surface area (Å²) in [5.74, 6) is 2.76. The lowest BCUT2D eigenvalue weighted by atomic mass is 10.2. The number of nitrogens with zero attached hydrogens (tertiary/aromatic N) is 2. The highest BCUT2D eigenvalue weighted by atomic mass is 35.5. The molecule has 1 aromatic heterocycles. The van der Waals surface area contributed by atoms with Crippen LogP contribution in [-0.2, 0) is 6.54 Å². The maximum Gasteiger partial charge on any atom is 0.135 e. The molecule has 0 aliphatic heterocycles. The molecule has 0 spiro atoms. The van der Waals surface area contributed by atoms with Crippen LogP contribution in [0.4, 0.5) is 11.6 Å². The van der Waals surface area contributed by atoms with Crippen molar-refractivity contribution in [2.75, 3.05) is 17.7 Å². The Labute approximate surface area is 124 Å². The maximum absolute atomic E-state index is 5.87. The monoisotopic (exact) mass is 290 g/mol. The van der Waals surface area contributed by atoms with Crippen LogP contribution in [0.5, 0.6) is 0 Å². The molecule has 4 nitrogen and oxygen atoms in total. The summed E-state index contributed by atoms with van der Waals surface area (Å²) in [6, 6.07) is 9.67. The van der Waals surface area contributed by atoms with Crippen molar-refractivity contribution in [2.45, 2.75) is 26.3 Å². The highest BCUT2D eigenvalue weighted by molar-refractivity contribution is 6.30. The van der Waals surface area contributed by atoms with E-state index < -0.39 is 0 Å². The van der Waals surface area contributed by atoms with Crippen molar-refractivity contribution in [2.24, 2.45) is 0 Å². The molecule has 20 heavy (non-hydrogen) atoms. The van der Waals surface area contributed by atoms with Crippen molar-refractivity contribution < 1.29 is 0 Å². The van der Waals surface area contributed by atoms with Crippen molar-refractivity contribution in [1.29, 1.82) is 0 Å². The van der Waals surface area contributed by atoms with E-state index in [0.717, 1.165) is 28.0 Å². The Balaban J connectivity index is 2.12. The fourth-order valence-corrected chi connectivity index (χ4v) is 1.86. The van der Waals surface area contributed by atoms with E-state index in [4.69, 9.17) is 11.6 Å². The van der Waals surface area contributed by atoms with E-state index in [2.05, 4.69) is 34.4 Å². The second-order valence-electron chi connectivity index (χ2n) is 4.88. The minimum absolute atomic E-state index is 0.291. The van der Waals surface area contributed by atoms with Gasteiger partial charge in [0.2, 0.25) is 0 Å². The van der Waals surface area contributed by atoms with Crippen LogP contribution >= 0.6 is 11.6 Å². The zero-order valence-corrected chi connectivity index (χ0v) is 12.7. The Kier molecular flexibility index (Phi) is 4.79. The van der Waals surface area contributed by atoms with Crippen molar-refractivity contribution in [3.63, 3.8) is 0 Å². The Morgan fingerprint density at radius 2 is 1.75 bits per heavy atom. The lowest BCUT2D eigenvalue weighted by Gasteiger charge is -2.11. The summed E-state index contributed by atoms with van der Waals surface area (Å²) in [7, 11) is 1.86. The molecule has 0 bridgehead atoms. The third-order valence-corrected chi connectivity index (χ3v) is 3.15. The summed E-state index contributed by atoms with van der Waals surface area (Å²) in [5.41, 5.74) is 1.16. The summed E-state index contributed by atoms with van der Waals surface area (Å²) >= 11 is 5.87. The lowest BCUT2D eigenvalue weighted by molar-refractivity contribution is 0.776. The third kappa shape index (κ3) is 3.84. The Bertz CT molecular complexity index is 567. The molecule has 0 saturated heterocycles. The van der Waals surface area contributed by atoms with Crippen LogP contribution in [0.2, 0.25) is 5.02 Å². The number of anilines is 2. The summed E-state index contributed by atoms with van der Waals surface area (Å²) in [6.07, 6.45) is 0. The van der Waals surface area contributed by atoms with Gasteiger partial charge in [-0.05, 0) is 17.7 Å². The second kappa shape index (κ2) is 6.57. The van der Waals surface area contributed by atoms with Crippen molar-refractivity contribution in [3.8, 4) is 0 Å². The number of hydrogen-bond donors (Lipinski definition) is 2. The third-order valence-electron chi connectivity index (χ3n) is 2.90. The van der Waals surface area contributed by atoms with Gasteiger partial charge in [-0.1, -0.05) is 37.6 Å². The first-order chi connectivity index (χ1) is 9.58. The molecule has 0 aliphatic rings. The largest absolute Gasteiger partial charge is 0.373 e. The van der Waals surface area contributed by atoms with Crippen molar-refractivity contribution in [1.82, 2.24) is 9.97 Å². The number of aromatic nitrogens is 2. The second-order valence-corrected chi connectivity index (χ2v) is 5.32. The minimum Gasteiger partial charge on any atom is -0.373 e. The molecular weight excluding hydrogens is 272 g/mol. The molecule has 0 fully saturated rings. The molecule has 0 atom stereocenters. The quantitative estimate of drug-likeness (QED) is 0.876. The van der Waals surface area contributed by atoms with Gasteiger partial charge in [0.1, 0.15) is 17.5 Å². The first kappa shape index (κ1) is 14.6. The highest BCUT2D eigenvalue weighted by Gasteiger charge is 2.07. The maximum atomic E-state index is 5.87. The molecule has 5 heteroatoms. The molecule has 0 unspecified atom stereocenters. The molecule has 2 N–H and O–H groups in total. The van der Waals surface area contributed by atoms with Crippen LogP contribution in [0.15, 0.2) is 30.3 Å². The highest BCUT2D eigenvalue weighted by Crippen LogP contribution is 2.17. The zero-order chi connectivity index (χ0) is 14.5. The molecule has 106 valence electrons. The topological polar surface area (TPSA) is 49.8 Å². The Morgan fingerprint density at radius 1 is 1.10 bits per heavy atom. The standard InChI is InChI=1S/C15H19ClN4/c1-10(2)15-19-13(17-3)8-14(20-15)18-9-11-4-6-12(16)7-5-11/h4-8,10H,9H2,1-3H3,(H2,17,18,19,20). The van der Waals surface area contributed by atoms with Gasteiger partial charge in [0, 0.05) is 30.6 Å². The lowest BCUT2D eigenvalue weighted by Crippen LogP contribution is -2.07. The van der Waals surface area contributed by atoms with Gasteiger partial charge in [0.25, 0.3) is 0 Å².